The highest BCUT2D eigenvalue weighted by molar-refractivity contribution is 5.93. The van der Waals surface area contributed by atoms with E-state index in [9.17, 15) is 40.3 Å². The maximum atomic E-state index is 14.7. The number of nitrogens with zero attached hydrogens (tertiary/aromatic N) is 3. The highest BCUT2D eigenvalue weighted by Gasteiger charge is 2.40. The summed E-state index contributed by atoms with van der Waals surface area (Å²) in [4.78, 5) is 24.6. The Morgan fingerprint density at radius 1 is 1.09 bits per heavy atom. The van der Waals surface area contributed by atoms with Gasteiger partial charge in [0.15, 0.2) is 6.10 Å². The van der Waals surface area contributed by atoms with Crippen LogP contribution in [0.1, 0.15) is 43.9 Å². The molecular weight excluding hydrogens is 455 g/mol. The molecule has 0 aliphatic carbocycles. The van der Waals surface area contributed by atoms with E-state index in [4.69, 9.17) is 9.47 Å². The van der Waals surface area contributed by atoms with Crippen LogP contribution in [-0.2, 0) is 18.0 Å². The van der Waals surface area contributed by atoms with Crippen molar-refractivity contribution in [2.75, 3.05) is 0 Å². The van der Waals surface area contributed by atoms with Gasteiger partial charge in [-0.1, -0.05) is 0 Å². The van der Waals surface area contributed by atoms with Crippen molar-refractivity contribution in [2.45, 2.75) is 51.8 Å². The molecule has 32 heavy (non-hydrogen) atoms. The van der Waals surface area contributed by atoms with Crippen LogP contribution in [-0.4, -0.2) is 38.2 Å². The normalized spacial score (nSPS) is 13.8. The lowest BCUT2D eigenvalue weighted by Crippen LogP contribution is -2.32. The number of hydrogen-bond donors (Lipinski definition) is 0. The maximum Gasteiger partial charge on any atom is 0.451 e. The minimum Gasteiger partial charge on any atom is -0.480 e. The molecule has 1 unspecified atom stereocenters. The summed E-state index contributed by atoms with van der Waals surface area (Å²) < 4.78 is 103. The maximum absolute atomic E-state index is 14.7. The minimum absolute atomic E-state index is 0.00213. The first-order valence-corrected chi connectivity index (χ1v) is 8.87. The van der Waals surface area contributed by atoms with Gasteiger partial charge in [-0.2, -0.15) is 31.0 Å². The molecule has 0 saturated heterocycles. The van der Waals surface area contributed by atoms with Gasteiger partial charge in [0.2, 0.25) is 5.82 Å². The van der Waals surface area contributed by atoms with Gasteiger partial charge in [-0.05, 0) is 33.8 Å². The molecule has 178 valence electrons. The standard InChI is InChI=1S/C18H18F7N3O4/c1-8(17(20,21)22)31-12-7-11(10(19)6-9(12)13(29)32-16(2,3)4)28-15(30)27(5)14(26-28)18(23,24)25/h6-8H,1-5H3. The van der Waals surface area contributed by atoms with Gasteiger partial charge in [-0.3, -0.25) is 4.57 Å². The number of rotatable bonds is 4. The molecule has 0 aliphatic heterocycles. The van der Waals surface area contributed by atoms with E-state index in [1.54, 1.807) is 0 Å². The predicted octanol–water partition coefficient (Wildman–Crippen LogP) is 4.01. The first kappa shape index (κ1) is 25.2. The Bertz CT molecular complexity index is 1080. The number of ether oxygens (including phenoxy) is 2. The van der Waals surface area contributed by atoms with Gasteiger partial charge in [-0.15, -0.1) is 5.10 Å². The van der Waals surface area contributed by atoms with Crippen LogP contribution in [0.5, 0.6) is 5.75 Å². The van der Waals surface area contributed by atoms with E-state index in [0.717, 1.165) is 7.05 Å². The van der Waals surface area contributed by atoms with Crippen molar-refractivity contribution in [1.82, 2.24) is 14.3 Å². The number of halogens is 7. The highest BCUT2D eigenvalue weighted by atomic mass is 19.4. The number of hydrogen-bond acceptors (Lipinski definition) is 5. The van der Waals surface area contributed by atoms with Crippen LogP contribution < -0.4 is 10.4 Å². The highest BCUT2D eigenvalue weighted by Crippen LogP contribution is 2.32. The summed E-state index contributed by atoms with van der Waals surface area (Å²) in [6.45, 7) is 4.93. The van der Waals surface area contributed by atoms with Crippen LogP contribution in [0.3, 0.4) is 0 Å². The van der Waals surface area contributed by atoms with Crippen LogP contribution in [0.25, 0.3) is 5.69 Å². The molecule has 14 heteroatoms. The van der Waals surface area contributed by atoms with Gasteiger partial charge in [0.1, 0.15) is 28.4 Å². The summed E-state index contributed by atoms with van der Waals surface area (Å²) in [6, 6.07) is 0.877. The van der Waals surface area contributed by atoms with Gasteiger partial charge < -0.3 is 9.47 Å². The molecule has 0 N–H and O–H groups in total. The van der Waals surface area contributed by atoms with Crippen LogP contribution in [0.4, 0.5) is 30.7 Å². The summed E-state index contributed by atoms with van der Waals surface area (Å²) >= 11 is 0. The third-order valence-corrected chi connectivity index (χ3v) is 3.89. The average Bonchev–Trinajstić information content (AvgIpc) is 2.89. The van der Waals surface area contributed by atoms with Crippen LogP contribution in [0, 0.1) is 5.82 Å². The molecule has 0 amide bonds. The number of esters is 1. The molecule has 1 aromatic heterocycles. The van der Waals surface area contributed by atoms with Gasteiger partial charge in [0.25, 0.3) is 0 Å². The zero-order valence-corrected chi connectivity index (χ0v) is 17.4. The average molecular weight is 473 g/mol. The molecule has 0 bridgehead atoms. The molecule has 2 aromatic rings. The molecule has 2 rings (SSSR count). The molecule has 0 radical (unpaired) electrons. The largest absolute Gasteiger partial charge is 0.480 e. The molecule has 7 nitrogen and oxygen atoms in total. The summed E-state index contributed by atoms with van der Waals surface area (Å²) in [5.41, 5.74) is -4.27. The fraction of sp³-hybridized carbons (Fsp3) is 0.500. The molecule has 1 heterocycles. The molecular formula is C18H18F7N3O4. The van der Waals surface area contributed by atoms with E-state index in [2.05, 4.69) is 5.10 Å². The molecule has 0 aliphatic rings. The van der Waals surface area contributed by atoms with E-state index < -0.39 is 64.4 Å². The second kappa shape index (κ2) is 8.13. The summed E-state index contributed by atoms with van der Waals surface area (Å²) in [7, 11) is 0.727. The number of carbonyl (C=O) groups is 1. The first-order chi connectivity index (χ1) is 14.3. The first-order valence-electron chi connectivity index (χ1n) is 8.87. The fourth-order valence-electron chi connectivity index (χ4n) is 2.39. The van der Waals surface area contributed by atoms with Crippen molar-refractivity contribution in [3.63, 3.8) is 0 Å². The van der Waals surface area contributed by atoms with Crippen molar-refractivity contribution < 1.29 is 45.0 Å². The smallest absolute Gasteiger partial charge is 0.451 e. The monoisotopic (exact) mass is 473 g/mol. The lowest BCUT2D eigenvalue weighted by atomic mass is 10.1. The molecule has 0 spiro atoms. The number of alkyl halides is 6. The Morgan fingerprint density at radius 3 is 2.09 bits per heavy atom. The Hall–Kier alpha value is -3.06. The number of aromatic nitrogens is 3. The van der Waals surface area contributed by atoms with Gasteiger partial charge in [0.05, 0.1) is 0 Å². The van der Waals surface area contributed by atoms with Crippen molar-refractivity contribution in [2.24, 2.45) is 7.05 Å². The SMILES string of the molecule is CC(Oc1cc(-n2nc(C(F)(F)F)n(C)c2=O)c(F)cc1C(=O)OC(C)(C)C)C(F)(F)F. The molecule has 1 atom stereocenters. The fourth-order valence-corrected chi connectivity index (χ4v) is 2.39. The van der Waals surface area contributed by atoms with Crippen molar-refractivity contribution >= 4 is 5.97 Å². The molecule has 0 fully saturated rings. The Balaban J connectivity index is 2.71. The third-order valence-electron chi connectivity index (χ3n) is 3.89. The van der Waals surface area contributed by atoms with Gasteiger partial charge in [0, 0.05) is 13.1 Å². The Labute approximate surface area is 176 Å². The van der Waals surface area contributed by atoms with E-state index in [1.165, 1.54) is 20.8 Å². The van der Waals surface area contributed by atoms with Crippen LogP contribution in [0.2, 0.25) is 0 Å². The summed E-state index contributed by atoms with van der Waals surface area (Å²) in [5, 5.41) is 3.02. The van der Waals surface area contributed by atoms with Crippen molar-refractivity contribution in [1.29, 1.82) is 0 Å². The lowest BCUT2D eigenvalue weighted by molar-refractivity contribution is -0.189. The Kier molecular flexibility index (Phi) is 6.40. The quantitative estimate of drug-likeness (QED) is 0.496. The zero-order chi connectivity index (χ0) is 24.8. The number of benzene rings is 1. The van der Waals surface area contributed by atoms with Crippen molar-refractivity contribution in [3.05, 3.63) is 39.8 Å². The Morgan fingerprint density at radius 2 is 1.66 bits per heavy atom. The minimum atomic E-state index is -5.07. The summed E-state index contributed by atoms with van der Waals surface area (Å²) in [6.07, 6.45) is -12.5. The number of carbonyl (C=O) groups excluding carboxylic acids is 1. The van der Waals surface area contributed by atoms with Gasteiger partial charge in [-0.25, -0.2) is 14.0 Å². The van der Waals surface area contributed by atoms with Crippen LogP contribution in [0.15, 0.2) is 16.9 Å². The lowest BCUT2D eigenvalue weighted by Gasteiger charge is -2.23. The van der Waals surface area contributed by atoms with E-state index in [0.29, 0.717) is 19.1 Å². The van der Waals surface area contributed by atoms with Gasteiger partial charge >= 0.3 is 24.0 Å². The van der Waals surface area contributed by atoms with E-state index in [1.807, 2.05) is 0 Å². The molecule has 0 saturated carbocycles. The van der Waals surface area contributed by atoms with Crippen molar-refractivity contribution in [3.8, 4) is 11.4 Å². The third kappa shape index (κ3) is 5.40. The second-order valence-electron chi connectivity index (χ2n) is 7.68. The predicted molar refractivity (Wildman–Crippen MR) is 95.1 cm³/mol. The summed E-state index contributed by atoms with van der Waals surface area (Å²) in [5.74, 6) is -5.22. The van der Waals surface area contributed by atoms with Crippen LogP contribution >= 0.6 is 0 Å². The second-order valence-corrected chi connectivity index (χ2v) is 7.68. The van der Waals surface area contributed by atoms with E-state index >= 15 is 0 Å². The molecule has 1 aromatic carbocycles. The zero-order valence-electron chi connectivity index (χ0n) is 17.4. The topological polar surface area (TPSA) is 75.4 Å². The van der Waals surface area contributed by atoms with E-state index in [-0.39, 0.29) is 9.25 Å².